The predicted octanol–water partition coefficient (Wildman–Crippen LogP) is 26.8. The molecule has 2 unspecified atom stereocenters. The molecule has 2 atom stereocenters. The van der Waals surface area contributed by atoms with Gasteiger partial charge in [0.1, 0.15) is 0 Å². The summed E-state index contributed by atoms with van der Waals surface area (Å²) < 4.78 is 5.49. The van der Waals surface area contributed by atoms with E-state index in [1.165, 1.54) is 392 Å². The Morgan fingerprint density at radius 1 is 0.307 bits per heavy atom. The van der Waals surface area contributed by atoms with E-state index in [1.807, 2.05) is 6.08 Å². The maximum Gasteiger partial charge on any atom is 0.305 e. The van der Waals surface area contributed by atoms with Gasteiger partial charge in [0.05, 0.1) is 25.4 Å². The summed E-state index contributed by atoms with van der Waals surface area (Å²) in [4.78, 5) is 24.6. The molecule has 0 bridgehead atoms. The van der Waals surface area contributed by atoms with Crippen LogP contribution in [-0.4, -0.2) is 47.4 Å². The largest absolute Gasteiger partial charge is 0.466 e. The third-order valence-electron chi connectivity index (χ3n) is 19.2. The smallest absolute Gasteiger partial charge is 0.305 e. The summed E-state index contributed by atoms with van der Waals surface area (Å²) in [6.07, 6.45) is 100. The first-order valence-electron chi connectivity index (χ1n) is 40.6. The zero-order chi connectivity index (χ0) is 63.5. The molecule has 0 saturated heterocycles. The summed E-state index contributed by atoms with van der Waals surface area (Å²) in [7, 11) is 0. The molecule has 0 saturated carbocycles. The summed E-state index contributed by atoms with van der Waals surface area (Å²) >= 11 is 0. The normalized spacial score (nSPS) is 12.5. The van der Waals surface area contributed by atoms with Crippen molar-refractivity contribution in [2.75, 3.05) is 13.2 Å². The minimum Gasteiger partial charge on any atom is -0.466 e. The third kappa shape index (κ3) is 73.4. The second kappa shape index (κ2) is 77.8. The highest BCUT2D eigenvalue weighted by atomic mass is 16.5. The number of unbranched alkanes of at least 4 members (excludes halogenated alkanes) is 64. The molecule has 0 spiro atoms. The number of allylic oxidation sites excluding steroid dienone is 3. The van der Waals surface area contributed by atoms with Crippen LogP contribution in [0.4, 0.5) is 0 Å². The van der Waals surface area contributed by atoms with E-state index in [0.29, 0.717) is 19.4 Å². The monoisotopic (exact) mass is 1240 g/mol. The number of nitrogens with one attached hydrogen (secondary N) is 1. The van der Waals surface area contributed by atoms with Crippen LogP contribution in [0, 0.1) is 0 Å². The fourth-order valence-electron chi connectivity index (χ4n) is 13.0. The number of hydrogen-bond donors (Lipinski definition) is 3. The van der Waals surface area contributed by atoms with Gasteiger partial charge in [-0.1, -0.05) is 417 Å². The summed E-state index contributed by atoms with van der Waals surface area (Å²) in [6.45, 7) is 4.95. The van der Waals surface area contributed by atoms with Crippen LogP contribution >= 0.6 is 0 Å². The fraction of sp³-hybridized carbons (Fsp3) is 0.927. The highest BCUT2D eigenvalue weighted by Crippen LogP contribution is 2.20. The number of esters is 1. The van der Waals surface area contributed by atoms with Crippen molar-refractivity contribution in [3.8, 4) is 0 Å². The molecule has 6 heteroatoms. The van der Waals surface area contributed by atoms with Gasteiger partial charge in [0.2, 0.25) is 5.91 Å². The average molecular weight is 1240 g/mol. The molecule has 0 fully saturated rings. The molecule has 0 heterocycles. The molecule has 0 aliphatic carbocycles. The van der Waals surface area contributed by atoms with Crippen LogP contribution in [0.2, 0.25) is 0 Å². The van der Waals surface area contributed by atoms with Crippen LogP contribution in [0.3, 0.4) is 0 Å². The third-order valence-corrected chi connectivity index (χ3v) is 19.2. The molecule has 0 aromatic carbocycles. The number of amides is 1. The van der Waals surface area contributed by atoms with Gasteiger partial charge in [-0.3, -0.25) is 9.59 Å². The van der Waals surface area contributed by atoms with Crippen LogP contribution in [0.1, 0.15) is 463 Å². The van der Waals surface area contributed by atoms with Crippen molar-refractivity contribution in [3.63, 3.8) is 0 Å². The van der Waals surface area contributed by atoms with Gasteiger partial charge in [0.25, 0.3) is 0 Å². The van der Waals surface area contributed by atoms with Crippen LogP contribution in [-0.2, 0) is 14.3 Å². The lowest BCUT2D eigenvalue weighted by Crippen LogP contribution is -2.45. The summed E-state index contributed by atoms with van der Waals surface area (Å²) in [5.41, 5.74) is 0. The number of aliphatic hydroxyl groups is 2. The zero-order valence-corrected chi connectivity index (χ0v) is 60.0. The van der Waals surface area contributed by atoms with Crippen molar-refractivity contribution >= 4 is 11.9 Å². The Hall–Kier alpha value is -1.66. The lowest BCUT2D eigenvalue weighted by Gasteiger charge is -2.20. The molecular weight excluding hydrogens is 1080 g/mol. The Balaban J connectivity index is 3.35. The minimum absolute atomic E-state index is 0.0134. The Morgan fingerprint density at radius 2 is 0.534 bits per heavy atom. The van der Waals surface area contributed by atoms with Crippen LogP contribution in [0.5, 0.6) is 0 Å². The predicted molar refractivity (Wildman–Crippen MR) is 389 cm³/mol. The number of carbonyl (C=O) groups is 2. The highest BCUT2D eigenvalue weighted by Gasteiger charge is 2.18. The molecule has 6 nitrogen and oxygen atoms in total. The lowest BCUT2D eigenvalue weighted by atomic mass is 10.0. The molecule has 0 aliphatic heterocycles. The maximum atomic E-state index is 12.6. The van der Waals surface area contributed by atoms with Crippen molar-refractivity contribution < 1.29 is 24.5 Å². The molecule has 88 heavy (non-hydrogen) atoms. The standard InChI is InChI=1S/C82H159NO5/c1-3-5-7-9-11-13-15-17-19-20-21-22-23-32-35-38-41-44-47-50-54-58-62-66-70-74-80(85)79(78-84)83-81(86)75-71-67-63-59-55-51-48-45-42-39-36-33-30-28-26-24-25-27-29-31-34-37-40-43-46-49-53-57-61-65-69-73-77-88-82(87)76-72-68-64-60-56-52-18-16-14-12-10-8-6-4-2/h16,18,70,74,79-80,84-85H,3-15,17,19-69,71-73,75-78H2,1-2H3,(H,83,86)/b18-16-,74-70+. The Kier molecular flexibility index (Phi) is 76.3. The first-order valence-corrected chi connectivity index (χ1v) is 40.6. The van der Waals surface area contributed by atoms with Gasteiger partial charge >= 0.3 is 5.97 Å². The van der Waals surface area contributed by atoms with Crippen molar-refractivity contribution in [1.29, 1.82) is 0 Å². The van der Waals surface area contributed by atoms with E-state index >= 15 is 0 Å². The van der Waals surface area contributed by atoms with E-state index < -0.39 is 12.1 Å². The van der Waals surface area contributed by atoms with E-state index in [0.717, 1.165) is 44.9 Å². The average Bonchev–Trinajstić information content (AvgIpc) is 3.58. The van der Waals surface area contributed by atoms with Gasteiger partial charge in [-0.05, 0) is 57.8 Å². The Bertz CT molecular complexity index is 1380. The molecule has 0 aromatic heterocycles. The second-order valence-electron chi connectivity index (χ2n) is 28.1. The van der Waals surface area contributed by atoms with Crippen molar-refractivity contribution in [1.82, 2.24) is 5.32 Å². The Labute approximate surface area is 551 Å². The first kappa shape index (κ1) is 86.3. The number of carbonyl (C=O) groups excluding carboxylic acids is 2. The van der Waals surface area contributed by atoms with Gasteiger partial charge in [-0.15, -0.1) is 0 Å². The second-order valence-corrected chi connectivity index (χ2v) is 28.1. The molecule has 0 rings (SSSR count). The molecule has 1 amide bonds. The van der Waals surface area contributed by atoms with E-state index in [4.69, 9.17) is 4.74 Å². The number of aliphatic hydroxyl groups excluding tert-OH is 2. The number of rotatable bonds is 77. The van der Waals surface area contributed by atoms with Gasteiger partial charge < -0.3 is 20.3 Å². The minimum atomic E-state index is -0.843. The van der Waals surface area contributed by atoms with Crippen LogP contribution in [0.15, 0.2) is 24.3 Å². The fourth-order valence-corrected chi connectivity index (χ4v) is 13.0. The summed E-state index contributed by atoms with van der Waals surface area (Å²) in [6, 6.07) is -0.626. The number of ether oxygens (including phenoxy) is 1. The van der Waals surface area contributed by atoms with Crippen molar-refractivity contribution in [3.05, 3.63) is 24.3 Å². The van der Waals surface area contributed by atoms with E-state index in [-0.39, 0.29) is 18.5 Å². The lowest BCUT2D eigenvalue weighted by molar-refractivity contribution is -0.143. The zero-order valence-electron chi connectivity index (χ0n) is 60.0. The van der Waals surface area contributed by atoms with Gasteiger partial charge in [0.15, 0.2) is 0 Å². The van der Waals surface area contributed by atoms with Crippen LogP contribution < -0.4 is 5.32 Å². The van der Waals surface area contributed by atoms with Crippen molar-refractivity contribution in [2.45, 2.75) is 475 Å². The van der Waals surface area contributed by atoms with E-state index in [2.05, 4.69) is 31.3 Å². The van der Waals surface area contributed by atoms with E-state index in [1.54, 1.807) is 6.08 Å². The molecule has 522 valence electrons. The molecule has 0 radical (unpaired) electrons. The Morgan fingerprint density at radius 3 is 0.807 bits per heavy atom. The maximum absolute atomic E-state index is 12.6. The quantitative estimate of drug-likeness (QED) is 0.0320. The van der Waals surface area contributed by atoms with E-state index in [9.17, 15) is 19.8 Å². The van der Waals surface area contributed by atoms with Gasteiger partial charge in [0, 0.05) is 12.8 Å². The molecular formula is C82H159NO5. The van der Waals surface area contributed by atoms with Gasteiger partial charge in [-0.25, -0.2) is 0 Å². The first-order chi connectivity index (χ1) is 43.5. The number of hydrogen-bond acceptors (Lipinski definition) is 5. The summed E-state index contributed by atoms with van der Waals surface area (Å²) in [5, 5.41) is 23.3. The SMILES string of the molecule is CCCCCCC/C=C\CCCCCCCC(=O)OCCCCCCCCCCCCCCCCCCCCCCCCCCCCCCCCCCC(=O)NC(CO)C(O)/C=C/CCCCCCCCCCCCCCCCCCCCCCCCC. The molecule has 0 aromatic rings. The molecule has 3 N–H and O–H groups in total. The van der Waals surface area contributed by atoms with Gasteiger partial charge in [-0.2, -0.15) is 0 Å². The summed E-state index contributed by atoms with van der Waals surface area (Å²) in [5.74, 6) is -0.0445. The van der Waals surface area contributed by atoms with Crippen molar-refractivity contribution in [2.24, 2.45) is 0 Å². The highest BCUT2D eigenvalue weighted by molar-refractivity contribution is 5.76. The van der Waals surface area contributed by atoms with Crippen LogP contribution in [0.25, 0.3) is 0 Å². The topological polar surface area (TPSA) is 95.9 Å². The molecule has 0 aliphatic rings.